The summed E-state index contributed by atoms with van der Waals surface area (Å²) in [5.74, 6) is 0.966. The number of anilines is 1. The van der Waals surface area contributed by atoms with E-state index in [-0.39, 0.29) is 0 Å². The van der Waals surface area contributed by atoms with Crippen LogP contribution >= 0.6 is 23.2 Å². The van der Waals surface area contributed by atoms with Gasteiger partial charge in [-0.25, -0.2) is 4.99 Å². The van der Waals surface area contributed by atoms with E-state index in [9.17, 15) is 0 Å². The standard InChI is InChI=1S/C19H21Cl2N3/c1-2-3-10-23-11-12-24(18-9-5-7-16(21)14-18)19(23)22-17-8-4-6-15(20)13-17/h4-9,13-14H,2-3,10-12H2,1H3. The van der Waals surface area contributed by atoms with Crippen LogP contribution in [0.2, 0.25) is 10.0 Å². The molecule has 1 aliphatic rings. The Morgan fingerprint density at radius 3 is 2.46 bits per heavy atom. The Hall–Kier alpha value is -1.71. The van der Waals surface area contributed by atoms with Gasteiger partial charge < -0.3 is 9.80 Å². The van der Waals surface area contributed by atoms with Gasteiger partial charge in [0.15, 0.2) is 0 Å². The molecule has 1 saturated heterocycles. The molecule has 0 atom stereocenters. The summed E-state index contributed by atoms with van der Waals surface area (Å²) < 4.78 is 0. The summed E-state index contributed by atoms with van der Waals surface area (Å²) >= 11 is 12.3. The van der Waals surface area contributed by atoms with Crippen LogP contribution in [0.25, 0.3) is 0 Å². The van der Waals surface area contributed by atoms with Crippen LogP contribution in [0.15, 0.2) is 53.5 Å². The van der Waals surface area contributed by atoms with Crippen molar-refractivity contribution >= 4 is 40.5 Å². The molecular weight excluding hydrogens is 341 g/mol. The van der Waals surface area contributed by atoms with Crippen LogP contribution in [0.5, 0.6) is 0 Å². The van der Waals surface area contributed by atoms with Gasteiger partial charge in [-0.05, 0) is 42.8 Å². The van der Waals surface area contributed by atoms with E-state index in [2.05, 4.69) is 22.8 Å². The maximum Gasteiger partial charge on any atom is 0.206 e. The second kappa shape index (κ2) is 7.91. The first-order chi connectivity index (χ1) is 11.7. The molecular formula is C19H21Cl2N3. The highest BCUT2D eigenvalue weighted by atomic mass is 35.5. The lowest BCUT2D eigenvalue weighted by molar-refractivity contribution is 0.447. The molecule has 24 heavy (non-hydrogen) atoms. The Morgan fingerprint density at radius 2 is 1.75 bits per heavy atom. The smallest absolute Gasteiger partial charge is 0.206 e. The van der Waals surface area contributed by atoms with E-state index in [4.69, 9.17) is 28.2 Å². The molecule has 1 heterocycles. The van der Waals surface area contributed by atoms with Gasteiger partial charge in [-0.1, -0.05) is 48.7 Å². The van der Waals surface area contributed by atoms with E-state index in [0.717, 1.165) is 54.8 Å². The SMILES string of the molecule is CCCCN1CCN(c2cccc(Cl)c2)C1=Nc1cccc(Cl)c1. The molecule has 5 heteroatoms. The van der Waals surface area contributed by atoms with Crippen molar-refractivity contribution in [2.45, 2.75) is 19.8 Å². The van der Waals surface area contributed by atoms with Crippen LogP contribution in [0.4, 0.5) is 11.4 Å². The highest BCUT2D eigenvalue weighted by Gasteiger charge is 2.27. The Morgan fingerprint density at radius 1 is 1.00 bits per heavy atom. The lowest BCUT2D eigenvalue weighted by Gasteiger charge is -2.23. The van der Waals surface area contributed by atoms with Crippen molar-refractivity contribution in [3.05, 3.63) is 58.6 Å². The van der Waals surface area contributed by atoms with E-state index in [1.54, 1.807) is 0 Å². The van der Waals surface area contributed by atoms with Crippen LogP contribution in [-0.4, -0.2) is 30.5 Å². The molecule has 0 saturated carbocycles. The molecule has 3 rings (SSSR count). The summed E-state index contributed by atoms with van der Waals surface area (Å²) in [5, 5.41) is 1.44. The van der Waals surface area contributed by atoms with Gasteiger partial charge >= 0.3 is 0 Å². The summed E-state index contributed by atoms with van der Waals surface area (Å²) in [7, 11) is 0. The normalized spacial score (nSPS) is 16.2. The maximum absolute atomic E-state index is 6.17. The minimum Gasteiger partial charge on any atom is -0.340 e. The minimum absolute atomic E-state index is 0.698. The van der Waals surface area contributed by atoms with Crippen molar-refractivity contribution in [3.8, 4) is 0 Å². The first kappa shape index (κ1) is 17.1. The van der Waals surface area contributed by atoms with E-state index in [1.807, 2.05) is 42.5 Å². The number of aliphatic imine (C=N–C) groups is 1. The van der Waals surface area contributed by atoms with Crippen LogP contribution in [-0.2, 0) is 0 Å². The fourth-order valence-electron chi connectivity index (χ4n) is 2.83. The van der Waals surface area contributed by atoms with Crippen molar-refractivity contribution in [2.75, 3.05) is 24.5 Å². The third-order valence-corrected chi connectivity index (χ3v) is 4.53. The average molecular weight is 362 g/mol. The van der Waals surface area contributed by atoms with Gasteiger partial charge in [0.25, 0.3) is 0 Å². The Bertz CT molecular complexity index is 730. The topological polar surface area (TPSA) is 18.8 Å². The lowest BCUT2D eigenvalue weighted by Crippen LogP contribution is -2.34. The molecule has 0 aliphatic carbocycles. The summed E-state index contributed by atoms with van der Waals surface area (Å²) in [4.78, 5) is 9.44. The molecule has 0 aromatic heterocycles. The third-order valence-electron chi connectivity index (χ3n) is 4.06. The number of unbranched alkanes of at least 4 members (excludes halogenated alkanes) is 1. The molecule has 2 aromatic carbocycles. The second-order valence-corrected chi connectivity index (χ2v) is 6.74. The van der Waals surface area contributed by atoms with Crippen molar-refractivity contribution in [1.82, 2.24) is 4.90 Å². The fraction of sp³-hybridized carbons (Fsp3) is 0.316. The Labute approximate surface area is 153 Å². The van der Waals surface area contributed by atoms with E-state index < -0.39 is 0 Å². The summed E-state index contributed by atoms with van der Waals surface area (Å²) in [6, 6.07) is 15.6. The molecule has 0 spiro atoms. The van der Waals surface area contributed by atoms with E-state index >= 15 is 0 Å². The zero-order valence-corrected chi connectivity index (χ0v) is 15.3. The number of nitrogens with zero attached hydrogens (tertiary/aromatic N) is 3. The maximum atomic E-state index is 6.17. The van der Waals surface area contributed by atoms with E-state index in [1.165, 1.54) is 0 Å². The van der Waals surface area contributed by atoms with Gasteiger partial charge in [0, 0.05) is 35.4 Å². The number of benzene rings is 2. The Balaban J connectivity index is 1.95. The van der Waals surface area contributed by atoms with Crippen LogP contribution in [0.1, 0.15) is 19.8 Å². The Kier molecular flexibility index (Phi) is 5.64. The van der Waals surface area contributed by atoms with Gasteiger partial charge in [-0.15, -0.1) is 0 Å². The predicted molar refractivity (Wildman–Crippen MR) is 104 cm³/mol. The largest absolute Gasteiger partial charge is 0.340 e. The van der Waals surface area contributed by atoms with Gasteiger partial charge in [0.05, 0.1) is 5.69 Å². The number of guanidine groups is 1. The molecule has 1 fully saturated rings. The molecule has 0 bridgehead atoms. The van der Waals surface area contributed by atoms with Crippen molar-refractivity contribution in [3.63, 3.8) is 0 Å². The van der Waals surface area contributed by atoms with Crippen molar-refractivity contribution in [2.24, 2.45) is 4.99 Å². The molecule has 2 aromatic rings. The molecule has 3 nitrogen and oxygen atoms in total. The molecule has 1 aliphatic heterocycles. The minimum atomic E-state index is 0.698. The average Bonchev–Trinajstić information content (AvgIpc) is 2.95. The molecule has 0 radical (unpaired) electrons. The van der Waals surface area contributed by atoms with Crippen molar-refractivity contribution < 1.29 is 0 Å². The molecule has 0 amide bonds. The highest BCUT2D eigenvalue weighted by Crippen LogP contribution is 2.26. The van der Waals surface area contributed by atoms with Gasteiger partial charge in [0.1, 0.15) is 0 Å². The van der Waals surface area contributed by atoms with Gasteiger partial charge in [-0.3, -0.25) is 0 Å². The van der Waals surface area contributed by atoms with Crippen LogP contribution in [0, 0.1) is 0 Å². The predicted octanol–water partition coefficient (Wildman–Crippen LogP) is 5.60. The van der Waals surface area contributed by atoms with Gasteiger partial charge in [0.2, 0.25) is 5.96 Å². The van der Waals surface area contributed by atoms with Crippen LogP contribution < -0.4 is 4.90 Å². The highest BCUT2D eigenvalue weighted by molar-refractivity contribution is 6.31. The monoisotopic (exact) mass is 361 g/mol. The fourth-order valence-corrected chi connectivity index (χ4v) is 3.20. The van der Waals surface area contributed by atoms with E-state index in [0.29, 0.717) is 5.02 Å². The molecule has 0 unspecified atom stereocenters. The first-order valence-corrected chi connectivity index (χ1v) is 9.05. The van der Waals surface area contributed by atoms with Gasteiger partial charge in [-0.2, -0.15) is 0 Å². The number of hydrogen-bond donors (Lipinski definition) is 0. The van der Waals surface area contributed by atoms with Crippen LogP contribution in [0.3, 0.4) is 0 Å². The number of hydrogen-bond acceptors (Lipinski definition) is 1. The molecule has 0 N–H and O–H groups in total. The number of rotatable bonds is 5. The summed E-state index contributed by atoms with van der Waals surface area (Å²) in [6.07, 6.45) is 2.32. The second-order valence-electron chi connectivity index (χ2n) is 5.86. The third kappa shape index (κ3) is 4.03. The summed E-state index contributed by atoms with van der Waals surface area (Å²) in [6.45, 7) is 5.08. The zero-order chi connectivity index (χ0) is 16.9. The number of halogens is 2. The quantitative estimate of drug-likeness (QED) is 0.689. The lowest BCUT2D eigenvalue weighted by atomic mass is 10.3. The summed E-state index contributed by atoms with van der Waals surface area (Å²) in [5.41, 5.74) is 1.94. The van der Waals surface area contributed by atoms with Crippen molar-refractivity contribution in [1.29, 1.82) is 0 Å². The zero-order valence-electron chi connectivity index (χ0n) is 13.8. The molecule has 126 valence electrons. The first-order valence-electron chi connectivity index (χ1n) is 8.29.